The van der Waals surface area contributed by atoms with E-state index in [1.807, 2.05) is 72.8 Å². The highest BCUT2D eigenvalue weighted by molar-refractivity contribution is 5.84. The number of carboxylic acid groups (broad SMARTS) is 1. The molecule has 1 unspecified atom stereocenters. The molecule has 1 aliphatic carbocycles. The summed E-state index contributed by atoms with van der Waals surface area (Å²) < 4.78 is 35.0. The fraction of sp³-hybridized carbons (Fsp3) is 0.804. The van der Waals surface area contributed by atoms with E-state index in [0.29, 0.717) is 77.2 Å². The molecule has 5 N–H and O–H groups in total. The van der Waals surface area contributed by atoms with Gasteiger partial charge in [-0.3, -0.25) is 14.6 Å². The van der Waals surface area contributed by atoms with E-state index in [0.717, 1.165) is 12.0 Å². The van der Waals surface area contributed by atoms with E-state index in [9.17, 15) is 29.7 Å². The van der Waals surface area contributed by atoms with Gasteiger partial charge in [0.15, 0.2) is 11.6 Å². The monoisotopic (exact) mass is 910 g/mol. The van der Waals surface area contributed by atoms with Crippen LogP contribution in [-0.4, -0.2) is 110 Å². The largest absolute Gasteiger partial charge is 0.481 e. The molecule has 6 aliphatic rings. The zero-order valence-corrected chi connectivity index (χ0v) is 40.6. The molecular formula is C51H79N3O11. The molecule has 1 aromatic heterocycles. The van der Waals surface area contributed by atoms with E-state index >= 15 is 0 Å². The standard InChI is InChI=1S/C51H79N3O11/c1-11-36(44(57)58)38-17-16-31(5)49(62-38)29-46(49,9)43(56)33(7)41(55)37(12-2)42-30(4)27-32(6)50(63-42)22-18-39(54-45(59)53-26-20-35-15-14-25-52-28-35)51(65-50)24-23-47(10,64-51)40-19-21-48(60,13-3)34(8)61-40/h14-15,18,22,25,28,30-34,36-40,42-43,56,60H,11-13,16-17,19-21,23-24,26-27,29H2,1-10H3,(H,57,58)(H2,53,54,59)/t30-,31-,32+,33+,34-,36+,37-,38+,39+,40+,42-,43+,46?,47-,48+,49+,50-,51-/m0/s1. The normalized spacial score (nSPS) is 43.2. The van der Waals surface area contributed by atoms with E-state index < -0.39 is 88.0 Å². The van der Waals surface area contributed by atoms with Gasteiger partial charge >= 0.3 is 12.0 Å². The van der Waals surface area contributed by atoms with E-state index in [2.05, 4.69) is 36.4 Å². The Morgan fingerprint density at radius 2 is 1.69 bits per heavy atom. The molecule has 6 heterocycles. The van der Waals surface area contributed by atoms with Crippen molar-refractivity contribution in [1.29, 1.82) is 0 Å². The van der Waals surface area contributed by atoms with Gasteiger partial charge in [-0.05, 0) is 114 Å². The van der Waals surface area contributed by atoms with Crippen molar-refractivity contribution < 1.29 is 53.4 Å². The van der Waals surface area contributed by atoms with Gasteiger partial charge in [-0.25, -0.2) is 4.79 Å². The molecule has 3 spiro atoms. The summed E-state index contributed by atoms with van der Waals surface area (Å²) in [7, 11) is 0. The number of aliphatic hydroxyl groups excluding tert-OH is 1. The van der Waals surface area contributed by atoms with Crippen LogP contribution in [0.3, 0.4) is 0 Å². The average Bonchev–Trinajstić information content (AvgIpc) is 3.73. The number of rotatable bonds is 15. The molecule has 4 saturated heterocycles. The molecule has 7 rings (SSSR count). The first-order chi connectivity index (χ1) is 30.7. The van der Waals surface area contributed by atoms with E-state index in [1.165, 1.54) is 0 Å². The molecule has 0 bridgehead atoms. The minimum atomic E-state index is -1.36. The van der Waals surface area contributed by atoms with Crippen LogP contribution in [0.25, 0.3) is 0 Å². The lowest BCUT2D eigenvalue weighted by Crippen LogP contribution is -2.66. The Labute approximate surface area is 386 Å². The Hall–Kier alpha value is -2.98. The predicted molar refractivity (Wildman–Crippen MR) is 243 cm³/mol. The molecule has 65 heavy (non-hydrogen) atoms. The van der Waals surface area contributed by atoms with Crippen LogP contribution in [-0.2, 0) is 39.7 Å². The smallest absolute Gasteiger partial charge is 0.315 e. The van der Waals surface area contributed by atoms with Gasteiger partial charge < -0.3 is 49.6 Å². The second-order valence-electron chi connectivity index (χ2n) is 21.5. The number of ether oxygens (including phenoxy) is 5. The van der Waals surface area contributed by atoms with Gasteiger partial charge in [0.05, 0.1) is 53.2 Å². The summed E-state index contributed by atoms with van der Waals surface area (Å²) in [5, 5.41) is 39.6. The molecule has 1 aromatic rings. The molecule has 5 fully saturated rings. The third-order valence-electron chi connectivity index (χ3n) is 17.5. The molecule has 14 heteroatoms. The second kappa shape index (κ2) is 18.8. The number of urea groups is 1. The third-order valence-corrected chi connectivity index (χ3v) is 17.5. The highest BCUT2D eigenvalue weighted by atomic mass is 16.8. The topological polar surface area (TPSA) is 195 Å². The maximum absolute atomic E-state index is 14.9. The zero-order valence-electron chi connectivity index (χ0n) is 40.6. The van der Waals surface area contributed by atoms with Crippen molar-refractivity contribution in [2.24, 2.45) is 40.9 Å². The van der Waals surface area contributed by atoms with Gasteiger partial charge in [0.1, 0.15) is 11.8 Å². The summed E-state index contributed by atoms with van der Waals surface area (Å²) >= 11 is 0. The molecule has 2 amide bonds. The van der Waals surface area contributed by atoms with Gasteiger partial charge in [-0.1, -0.05) is 67.5 Å². The third kappa shape index (κ3) is 9.08. The van der Waals surface area contributed by atoms with E-state index in [4.69, 9.17) is 23.7 Å². The summed E-state index contributed by atoms with van der Waals surface area (Å²) in [4.78, 5) is 44.8. The van der Waals surface area contributed by atoms with Crippen LogP contribution in [0.5, 0.6) is 0 Å². The number of carboxylic acids is 1. The molecule has 0 aromatic carbocycles. The molecule has 364 valence electrons. The highest BCUT2D eigenvalue weighted by Gasteiger charge is 2.74. The lowest BCUT2D eigenvalue weighted by Gasteiger charge is -2.55. The van der Waals surface area contributed by atoms with Crippen LogP contribution < -0.4 is 10.6 Å². The fourth-order valence-corrected chi connectivity index (χ4v) is 12.8. The van der Waals surface area contributed by atoms with Crippen LogP contribution in [0.4, 0.5) is 4.79 Å². The highest BCUT2D eigenvalue weighted by Crippen LogP contribution is 2.68. The molecular weight excluding hydrogens is 831 g/mol. The maximum atomic E-state index is 14.9. The van der Waals surface area contributed by atoms with Crippen molar-refractivity contribution in [2.45, 2.75) is 211 Å². The Morgan fingerprint density at radius 1 is 0.954 bits per heavy atom. The molecule has 0 radical (unpaired) electrons. The van der Waals surface area contributed by atoms with Crippen LogP contribution in [0.15, 0.2) is 36.7 Å². The SMILES string of the molecule is CC[C@@H](C(=O)[C@@H](C)[C@@H](O)C1(C)C[C@]12O[C@@H]([C@@H](CC)C(=O)O)CC[C@@H]2C)[C@H]1O[C@]2(C=C[C@@H](NC(=O)NCCc3cccnc3)[C@]3(CC[C@@](C)([C@H]4CC[C@](O)(CC)[C@H](C)O4)O3)O2)[C@H](C)C[C@@H]1C. The first kappa shape index (κ1) is 49.9. The zero-order chi connectivity index (χ0) is 47.3. The number of hydrogen-bond acceptors (Lipinski definition) is 11. The number of aliphatic hydroxyl groups is 2. The molecule has 14 nitrogen and oxygen atoms in total. The van der Waals surface area contributed by atoms with Crippen LogP contribution in [0, 0.1) is 40.9 Å². The van der Waals surface area contributed by atoms with Crippen molar-refractivity contribution in [3.05, 3.63) is 42.2 Å². The number of amides is 2. The lowest BCUT2D eigenvalue weighted by molar-refractivity contribution is -0.397. The van der Waals surface area contributed by atoms with Gasteiger partial charge in [0.2, 0.25) is 0 Å². The summed E-state index contributed by atoms with van der Waals surface area (Å²) in [5.41, 5.74) is -2.15. The molecule has 18 atom stereocenters. The first-order valence-electron chi connectivity index (χ1n) is 24.9. The van der Waals surface area contributed by atoms with Crippen molar-refractivity contribution in [3.8, 4) is 0 Å². The quantitative estimate of drug-likeness (QED) is 0.111. The summed E-state index contributed by atoms with van der Waals surface area (Å²) in [5.74, 6) is -5.63. The first-order valence-corrected chi connectivity index (χ1v) is 24.9. The van der Waals surface area contributed by atoms with Gasteiger partial charge in [0.25, 0.3) is 0 Å². The van der Waals surface area contributed by atoms with Gasteiger partial charge in [-0.2, -0.15) is 0 Å². The van der Waals surface area contributed by atoms with Gasteiger partial charge in [-0.15, -0.1) is 0 Å². The van der Waals surface area contributed by atoms with Crippen LogP contribution in [0.2, 0.25) is 0 Å². The van der Waals surface area contributed by atoms with E-state index in [-0.39, 0.29) is 35.7 Å². The number of ketones is 1. The van der Waals surface area contributed by atoms with Crippen molar-refractivity contribution in [1.82, 2.24) is 15.6 Å². The minimum absolute atomic E-state index is 0.0280. The minimum Gasteiger partial charge on any atom is -0.481 e. The predicted octanol–water partition coefficient (Wildman–Crippen LogP) is 7.28. The lowest BCUT2D eigenvalue weighted by atomic mass is 9.72. The average molecular weight is 910 g/mol. The Balaban J connectivity index is 1.11. The number of nitrogens with one attached hydrogen (secondary N) is 2. The summed E-state index contributed by atoms with van der Waals surface area (Å²) in [6.45, 7) is 20.3. The maximum Gasteiger partial charge on any atom is 0.315 e. The Bertz CT molecular complexity index is 1900. The molecule has 1 saturated carbocycles. The Morgan fingerprint density at radius 3 is 2.34 bits per heavy atom. The number of nitrogens with zero attached hydrogens (tertiary/aromatic N) is 1. The van der Waals surface area contributed by atoms with Crippen molar-refractivity contribution in [3.63, 3.8) is 0 Å². The number of hydrogen-bond donors (Lipinski definition) is 5. The van der Waals surface area contributed by atoms with Crippen LogP contribution in [0.1, 0.15) is 145 Å². The second-order valence-corrected chi connectivity index (χ2v) is 21.5. The Kier molecular flexibility index (Phi) is 14.5. The number of carbonyl (C=O) groups is 3. The molecule has 5 aliphatic heterocycles. The van der Waals surface area contributed by atoms with Gasteiger partial charge in [0, 0.05) is 48.5 Å². The number of Topliss-reactive ketones (excluding diaryl/α,β-unsaturated/α-hetero) is 1. The summed E-state index contributed by atoms with van der Waals surface area (Å²) in [6.07, 6.45) is 11.6. The number of pyridine rings is 1. The number of carbonyl (C=O) groups excluding carboxylic acids is 2. The van der Waals surface area contributed by atoms with Crippen molar-refractivity contribution in [2.75, 3.05) is 6.54 Å². The van der Waals surface area contributed by atoms with Crippen molar-refractivity contribution >= 4 is 17.8 Å². The van der Waals surface area contributed by atoms with Crippen LogP contribution >= 0.6 is 0 Å². The number of aromatic nitrogens is 1. The van der Waals surface area contributed by atoms with E-state index in [1.54, 1.807) is 12.4 Å². The summed E-state index contributed by atoms with van der Waals surface area (Å²) in [6, 6.07) is 2.77. The fourth-order valence-electron chi connectivity index (χ4n) is 12.8. The number of aliphatic carboxylic acids is 1.